The molecule has 22 heavy (non-hydrogen) atoms. The topological polar surface area (TPSA) is 88.8 Å². The van der Waals surface area contributed by atoms with Crippen molar-refractivity contribution in [1.29, 1.82) is 0 Å². The van der Waals surface area contributed by atoms with Crippen molar-refractivity contribution in [3.8, 4) is 0 Å². The second kappa shape index (κ2) is 9.57. The van der Waals surface area contributed by atoms with Crippen LogP contribution in [0.1, 0.15) is 19.4 Å². The maximum Gasteiger partial charge on any atom is 0.274 e. The minimum Gasteiger partial charge on any atom is -0.377 e. The molecule has 0 bridgehead atoms. The van der Waals surface area contributed by atoms with Gasteiger partial charge in [-0.3, -0.25) is 15.1 Å². The van der Waals surface area contributed by atoms with Crippen LogP contribution in [0, 0.1) is 10.1 Å². The number of ether oxygens (including phenoxy) is 1. The molecule has 0 atom stereocenters. The Bertz CT molecular complexity index is 521. The zero-order valence-corrected chi connectivity index (χ0v) is 15.6. The minimum atomic E-state index is -0.388. The second-order valence-corrected chi connectivity index (χ2v) is 5.13. The smallest absolute Gasteiger partial charge is 0.274 e. The summed E-state index contributed by atoms with van der Waals surface area (Å²) in [5, 5.41) is 17.1. The standard InChI is InChI=1S/C14H22N4O3.HI/c1-14(2,21-4)10-17-13(15-3)16-9-11-7-5-6-8-12(11)18(19)20;/h5-8H,9-10H2,1-4H3,(H2,15,16,17);1H. The summed E-state index contributed by atoms with van der Waals surface area (Å²) in [4.78, 5) is 14.6. The minimum absolute atomic E-state index is 0. The number of guanidine groups is 1. The first kappa shape index (κ1) is 20.6. The van der Waals surface area contributed by atoms with Crippen LogP contribution in [0.15, 0.2) is 29.3 Å². The number of para-hydroxylation sites is 1. The lowest BCUT2D eigenvalue weighted by Crippen LogP contribution is -2.45. The van der Waals surface area contributed by atoms with Crippen LogP contribution in [-0.4, -0.2) is 37.2 Å². The van der Waals surface area contributed by atoms with Crippen LogP contribution in [0.2, 0.25) is 0 Å². The Morgan fingerprint density at radius 3 is 2.55 bits per heavy atom. The van der Waals surface area contributed by atoms with Gasteiger partial charge in [-0.25, -0.2) is 0 Å². The number of nitrogens with one attached hydrogen (secondary N) is 2. The van der Waals surface area contributed by atoms with Crippen LogP contribution in [0.3, 0.4) is 0 Å². The molecule has 8 heteroatoms. The molecule has 0 saturated heterocycles. The highest BCUT2D eigenvalue weighted by molar-refractivity contribution is 14.0. The van der Waals surface area contributed by atoms with Gasteiger partial charge in [-0.15, -0.1) is 24.0 Å². The zero-order valence-electron chi connectivity index (χ0n) is 13.3. The first-order valence-corrected chi connectivity index (χ1v) is 6.61. The fourth-order valence-electron chi connectivity index (χ4n) is 1.61. The van der Waals surface area contributed by atoms with Gasteiger partial charge in [0.15, 0.2) is 5.96 Å². The Kier molecular flexibility index (Phi) is 8.95. The Morgan fingerprint density at radius 1 is 1.36 bits per heavy atom. The van der Waals surface area contributed by atoms with E-state index in [0.29, 0.717) is 24.6 Å². The largest absolute Gasteiger partial charge is 0.377 e. The van der Waals surface area contributed by atoms with Crippen molar-refractivity contribution in [2.45, 2.75) is 26.0 Å². The van der Waals surface area contributed by atoms with Gasteiger partial charge in [0.25, 0.3) is 5.69 Å². The van der Waals surface area contributed by atoms with E-state index >= 15 is 0 Å². The number of nitrogens with zero attached hydrogens (tertiary/aromatic N) is 2. The molecule has 7 nitrogen and oxygen atoms in total. The number of nitro groups is 1. The van der Waals surface area contributed by atoms with Gasteiger partial charge in [-0.05, 0) is 13.8 Å². The number of aliphatic imine (C=N–C) groups is 1. The molecule has 0 spiro atoms. The van der Waals surface area contributed by atoms with E-state index < -0.39 is 0 Å². The molecule has 1 aromatic carbocycles. The molecule has 0 amide bonds. The number of rotatable bonds is 6. The number of benzene rings is 1. The van der Waals surface area contributed by atoms with Crippen LogP contribution in [-0.2, 0) is 11.3 Å². The molecule has 1 aromatic rings. The van der Waals surface area contributed by atoms with Crippen molar-refractivity contribution in [2.75, 3.05) is 20.7 Å². The normalized spacial score (nSPS) is 11.5. The molecule has 0 heterocycles. The second-order valence-electron chi connectivity index (χ2n) is 5.13. The Morgan fingerprint density at radius 2 is 2.00 bits per heavy atom. The number of halogens is 1. The van der Waals surface area contributed by atoms with Gasteiger partial charge in [0.05, 0.1) is 10.5 Å². The van der Waals surface area contributed by atoms with Gasteiger partial charge in [0.1, 0.15) is 0 Å². The van der Waals surface area contributed by atoms with Gasteiger partial charge >= 0.3 is 0 Å². The molecule has 0 aliphatic carbocycles. The molecule has 0 aliphatic rings. The van der Waals surface area contributed by atoms with Crippen molar-refractivity contribution >= 4 is 35.6 Å². The SMILES string of the molecule is CN=C(NCc1ccccc1[N+](=O)[O-])NCC(C)(C)OC.I. The number of hydrogen-bond donors (Lipinski definition) is 2. The number of nitro benzene ring substituents is 1. The van der Waals surface area contributed by atoms with E-state index in [-0.39, 0.29) is 40.2 Å². The molecule has 0 aliphatic heterocycles. The zero-order chi connectivity index (χ0) is 15.9. The van der Waals surface area contributed by atoms with Crippen molar-refractivity contribution < 1.29 is 9.66 Å². The first-order chi connectivity index (χ1) is 9.89. The van der Waals surface area contributed by atoms with Crippen LogP contribution in [0.4, 0.5) is 5.69 Å². The quantitative estimate of drug-likeness (QED) is 0.242. The van der Waals surface area contributed by atoms with Crippen molar-refractivity contribution in [3.63, 3.8) is 0 Å². The summed E-state index contributed by atoms with van der Waals surface area (Å²) in [5.41, 5.74) is 0.380. The van der Waals surface area contributed by atoms with E-state index in [0.717, 1.165) is 0 Å². The third-order valence-electron chi connectivity index (χ3n) is 3.09. The third kappa shape index (κ3) is 6.56. The van der Waals surface area contributed by atoms with Gasteiger partial charge in [0.2, 0.25) is 0 Å². The number of methoxy groups -OCH3 is 1. The molecule has 0 aromatic heterocycles. The predicted octanol–water partition coefficient (Wildman–Crippen LogP) is 2.30. The average Bonchev–Trinajstić information content (AvgIpc) is 2.47. The van der Waals surface area contributed by atoms with E-state index in [1.54, 1.807) is 32.4 Å². The average molecular weight is 422 g/mol. The van der Waals surface area contributed by atoms with E-state index in [4.69, 9.17) is 4.74 Å². The van der Waals surface area contributed by atoms with Crippen LogP contribution >= 0.6 is 24.0 Å². The van der Waals surface area contributed by atoms with Gasteiger partial charge in [-0.2, -0.15) is 0 Å². The van der Waals surface area contributed by atoms with Crippen LogP contribution < -0.4 is 10.6 Å². The third-order valence-corrected chi connectivity index (χ3v) is 3.09. The summed E-state index contributed by atoms with van der Waals surface area (Å²) >= 11 is 0. The van der Waals surface area contributed by atoms with Crippen molar-refractivity contribution in [2.24, 2.45) is 4.99 Å². The molecular formula is C14H23IN4O3. The lowest BCUT2D eigenvalue weighted by Gasteiger charge is -2.24. The highest BCUT2D eigenvalue weighted by atomic mass is 127. The lowest BCUT2D eigenvalue weighted by atomic mass is 10.1. The summed E-state index contributed by atoms with van der Waals surface area (Å²) in [6.45, 7) is 4.80. The Balaban J connectivity index is 0.00000441. The van der Waals surface area contributed by atoms with Crippen LogP contribution in [0.5, 0.6) is 0 Å². The molecule has 2 N–H and O–H groups in total. The summed E-state index contributed by atoms with van der Waals surface area (Å²) in [6.07, 6.45) is 0. The lowest BCUT2D eigenvalue weighted by molar-refractivity contribution is -0.385. The Hall–Kier alpha value is -1.42. The summed E-state index contributed by atoms with van der Waals surface area (Å²) in [6, 6.07) is 6.63. The maximum atomic E-state index is 10.9. The molecule has 0 radical (unpaired) electrons. The predicted molar refractivity (Wildman–Crippen MR) is 97.8 cm³/mol. The van der Waals surface area contributed by atoms with Crippen molar-refractivity contribution in [1.82, 2.24) is 10.6 Å². The highest BCUT2D eigenvalue weighted by Crippen LogP contribution is 2.16. The molecular weight excluding hydrogens is 399 g/mol. The molecule has 1 rings (SSSR count). The molecule has 124 valence electrons. The molecule has 0 unspecified atom stereocenters. The van der Waals surface area contributed by atoms with Gasteiger partial charge in [0, 0.05) is 38.9 Å². The fourth-order valence-corrected chi connectivity index (χ4v) is 1.61. The Labute approximate surface area is 147 Å². The van der Waals surface area contributed by atoms with Gasteiger partial charge < -0.3 is 15.4 Å². The van der Waals surface area contributed by atoms with Crippen molar-refractivity contribution in [3.05, 3.63) is 39.9 Å². The molecule has 0 fully saturated rings. The maximum absolute atomic E-state index is 10.9. The monoisotopic (exact) mass is 422 g/mol. The number of hydrogen-bond acceptors (Lipinski definition) is 4. The van der Waals surface area contributed by atoms with E-state index in [1.807, 2.05) is 13.8 Å². The first-order valence-electron chi connectivity index (χ1n) is 6.61. The fraction of sp³-hybridized carbons (Fsp3) is 0.500. The van der Waals surface area contributed by atoms with E-state index in [2.05, 4.69) is 15.6 Å². The van der Waals surface area contributed by atoms with E-state index in [1.165, 1.54) is 6.07 Å². The van der Waals surface area contributed by atoms with E-state index in [9.17, 15) is 10.1 Å². The van der Waals surface area contributed by atoms with Gasteiger partial charge in [-0.1, -0.05) is 18.2 Å². The summed E-state index contributed by atoms with van der Waals surface area (Å²) in [5.74, 6) is 0.568. The summed E-state index contributed by atoms with van der Waals surface area (Å²) < 4.78 is 5.31. The highest BCUT2D eigenvalue weighted by Gasteiger charge is 2.17. The summed E-state index contributed by atoms with van der Waals surface area (Å²) in [7, 11) is 3.29. The van der Waals surface area contributed by atoms with Crippen LogP contribution in [0.25, 0.3) is 0 Å². The molecule has 0 saturated carbocycles.